The van der Waals surface area contributed by atoms with E-state index in [2.05, 4.69) is 36.8 Å². The van der Waals surface area contributed by atoms with Crippen LogP contribution in [0.3, 0.4) is 0 Å². The van der Waals surface area contributed by atoms with Gasteiger partial charge in [0.05, 0.1) is 12.1 Å². The number of nitrogens with one attached hydrogen (secondary N) is 1. The molecule has 0 unspecified atom stereocenters. The predicted octanol–water partition coefficient (Wildman–Crippen LogP) is 4.98. The van der Waals surface area contributed by atoms with Crippen LogP contribution in [0.2, 0.25) is 5.02 Å². The Labute approximate surface area is 152 Å². The number of benzene rings is 1. The summed E-state index contributed by atoms with van der Waals surface area (Å²) in [6, 6.07) is 11.5. The van der Waals surface area contributed by atoms with Gasteiger partial charge in [-0.2, -0.15) is 5.26 Å². The molecule has 0 spiro atoms. The fourth-order valence-corrected chi connectivity index (χ4v) is 3.29. The maximum Gasteiger partial charge on any atom is 0.140 e. The number of ether oxygens (including phenoxy) is 1. The lowest BCUT2D eigenvalue weighted by atomic mass is 9.87. The minimum absolute atomic E-state index is 0.0685. The highest BCUT2D eigenvalue weighted by atomic mass is 35.5. The molecule has 0 aliphatic heterocycles. The number of nitrogens with zero attached hydrogens (tertiary/aromatic N) is 2. The van der Waals surface area contributed by atoms with Gasteiger partial charge in [-0.3, -0.25) is 0 Å². The molecule has 0 radical (unpaired) electrons. The average Bonchev–Trinajstić information content (AvgIpc) is 2.92. The highest BCUT2D eigenvalue weighted by Crippen LogP contribution is 2.37. The number of halogens is 1. The van der Waals surface area contributed by atoms with E-state index >= 15 is 0 Å². The van der Waals surface area contributed by atoms with E-state index in [0.717, 1.165) is 27.9 Å². The van der Waals surface area contributed by atoms with Gasteiger partial charge in [-0.15, -0.1) is 0 Å². The van der Waals surface area contributed by atoms with Crippen LogP contribution in [-0.4, -0.2) is 17.1 Å². The van der Waals surface area contributed by atoms with Gasteiger partial charge in [0, 0.05) is 40.2 Å². The van der Waals surface area contributed by atoms with Gasteiger partial charge in [0.2, 0.25) is 0 Å². The highest BCUT2D eigenvalue weighted by Gasteiger charge is 2.24. The first-order chi connectivity index (χ1) is 11.8. The molecule has 128 valence electrons. The van der Waals surface area contributed by atoms with Crippen molar-refractivity contribution in [3.05, 3.63) is 58.0 Å². The number of hydrogen-bond acceptors (Lipinski definition) is 3. The molecule has 0 atom stereocenters. The maximum absolute atomic E-state index is 9.09. The molecule has 0 fully saturated rings. The Balaban J connectivity index is 2.20. The fourth-order valence-electron chi connectivity index (χ4n) is 3.05. The summed E-state index contributed by atoms with van der Waals surface area (Å²) in [5.41, 5.74) is 4.48. The van der Waals surface area contributed by atoms with Gasteiger partial charge >= 0.3 is 0 Å². The number of aromatic amines is 1. The Morgan fingerprint density at radius 3 is 2.68 bits per heavy atom. The Hall–Kier alpha value is -2.51. The van der Waals surface area contributed by atoms with Crippen LogP contribution >= 0.6 is 11.6 Å². The Morgan fingerprint density at radius 2 is 2.04 bits per heavy atom. The van der Waals surface area contributed by atoms with Crippen LogP contribution in [0, 0.1) is 11.3 Å². The van der Waals surface area contributed by atoms with Crippen LogP contribution in [0.15, 0.2) is 30.3 Å². The lowest BCUT2D eigenvalue weighted by Gasteiger charge is -2.19. The second kappa shape index (κ2) is 6.42. The van der Waals surface area contributed by atoms with E-state index in [4.69, 9.17) is 21.6 Å². The average molecular weight is 354 g/mol. The number of hydrogen-bond donors (Lipinski definition) is 1. The summed E-state index contributed by atoms with van der Waals surface area (Å²) < 4.78 is 5.34. The van der Waals surface area contributed by atoms with Crippen LogP contribution < -0.4 is 4.74 Å². The molecule has 3 rings (SSSR count). The molecule has 5 heteroatoms. The molecule has 0 amide bonds. The van der Waals surface area contributed by atoms with Crippen molar-refractivity contribution in [3.8, 4) is 11.8 Å². The van der Waals surface area contributed by atoms with Crippen molar-refractivity contribution in [2.24, 2.45) is 0 Å². The normalized spacial score (nSPS) is 11.5. The summed E-state index contributed by atoms with van der Waals surface area (Å²) in [5.74, 6) is 0.645. The Kier molecular flexibility index (Phi) is 4.45. The van der Waals surface area contributed by atoms with Crippen LogP contribution in [0.5, 0.6) is 5.75 Å². The molecule has 0 saturated carbocycles. The summed E-state index contributed by atoms with van der Waals surface area (Å²) >= 11 is 6.35. The predicted molar refractivity (Wildman–Crippen MR) is 100 cm³/mol. The van der Waals surface area contributed by atoms with Gasteiger partial charge < -0.3 is 9.72 Å². The molecular weight excluding hydrogens is 334 g/mol. The zero-order chi connectivity index (χ0) is 18.2. The third-order valence-corrected chi connectivity index (χ3v) is 4.50. The van der Waals surface area contributed by atoms with Gasteiger partial charge in [0.1, 0.15) is 17.5 Å². The number of H-pyrrole nitrogens is 1. The first kappa shape index (κ1) is 17.3. The van der Waals surface area contributed by atoms with Crippen LogP contribution in [0.1, 0.15) is 43.4 Å². The first-order valence-corrected chi connectivity index (χ1v) is 8.46. The van der Waals surface area contributed by atoms with E-state index in [0.29, 0.717) is 22.9 Å². The lowest BCUT2D eigenvalue weighted by Crippen LogP contribution is -2.14. The Bertz CT molecular complexity index is 977. The summed E-state index contributed by atoms with van der Waals surface area (Å²) in [5, 5.41) is 10.7. The number of aromatic nitrogens is 2. The third kappa shape index (κ3) is 3.33. The van der Waals surface area contributed by atoms with Crippen LogP contribution in [-0.2, 0) is 11.8 Å². The number of nitriles is 1. The molecule has 0 aliphatic carbocycles. The van der Waals surface area contributed by atoms with Crippen molar-refractivity contribution in [1.29, 1.82) is 5.26 Å². The highest BCUT2D eigenvalue weighted by molar-refractivity contribution is 6.32. The standard InChI is InChI=1S/C20H20ClN3O/c1-20(2,3)19-15(8-12-6-5-7-13(11-22)23-12)14-9-16(21)18(25-4)10-17(14)24-19/h5-7,9-10,24H,8H2,1-4H3. The summed E-state index contributed by atoms with van der Waals surface area (Å²) in [6.45, 7) is 6.50. The van der Waals surface area contributed by atoms with Crippen LogP contribution in [0.4, 0.5) is 0 Å². The van der Waals surface area contributed by atoms with E-state index in [9.17, 15) is 0 Å². The van der Waals surface area contributed by atoms with Crippen molar-refractivity contribution < 1.29 is 4.74 Å². The van der Waals surface area contributed by atoms with Gasteiger partial charge in [0.15, 0.2) is 0 Å². The summed E-state index contributed by atoms with van der Waals surface area (Å²) in [7, 11) is 1.61. The molecule has 1 N–H and O–H groups in total. The molecule has 0 aliphatic rings. The third-order valence-electron chi connectivity index (χ3n) is 4.21. The molecule has 0 saturated heterocycles. The van der Waals surface area contributed by atoms with Crippen molar-refractivity contribution >= 4 is 22.5 Å². The molecule has 2 heterocycles. The zero-order valence-corrected chi connectivity index (χ0v) is 15.5. The zero-order valence-electron chi connectivity index (χ0n) is 14.8. The molecule has 25 heavy (non-hydrogen) atoms. The van der Waals surface area contributed by atoms with Gasteiger partial charge in [0.25, 0.3) is 0 Å². The summed E-state index contributed by atoms with van der Waals surface area (Å²) in [4.78, 5) is 7.94. The van der Waals surface area contributed by atoms with E-state index in [1.54, 1.807) is 13.2 Å². The summed E-state index contributed by atoms with van der Waals surface area (Å²) in [6.07, 6.45) is 0.630. The SMILES string of the molecule is COc1cc2[nH]c(C(C)(C)C)c(Cc3cccc(C#N)n3)c2cc1Cl. The molecule has 2 aromatic heterocycles. The second-order valence-electron chi connectivity index (χ2n) is 7.06. The van der Waals surface area contributed by atoms with Gasteiger partial charge in [-0.05, 0) is 23.8 Å². The van der Waals surface area contributed by atoms with E-state index in [1.165, 1.54) is 0 Å². The topological polar surface area (TPSA) is 61.7 Å². The van der Waals surface area contributed by atoms with Gasteiger partial charge in [-0.25, -0.2) is 4.98 Å². The molecule has 4 nitrogen and oxygen atoms in total. The first-order valence-electron chi connectivity index (χ1n) is 8.08. The van der Waals surface area contributed by atoms with Crippen molar-refractivity contribution in [1.82, 2.24) is 9.97 Å². The smallest absolute Gasteiger partial charge is 0.140 e. The van der Waals surface area contributed by atoms with Gasteiger partial charge in [-0.1, -0.05) is 38.4 Å². The van der Waals surface area contributed by atoms with Crippen molar-refractivity contribution in [3.63, 3.8) is 0 Å². The Morgan fingerprint density at radius 1 is 1.28 bits per heavy atom. The number of pyridine rings is 1. The number of rotatable bonds is 3. The molecule has 3 aromatic rings. The molecule has 1 aromatic carbocycles. The largest absolute Gasteiger partial charge is 0.495 e. The van der Waals surface area contributed by atoms with E-state index < -0.39 is 0 Å². The lowest BCUT2D eigenvalue weighted by molar-refractivity contribution is 0.415. The van der Waals surface area contributed by atoms with E-state index in [1.807, 2.05) is 24.3 Å². The van der Waals surface area contributed by atoms with E-state index in [-0.39, 0.29) is 5.41 Å². The molecular formula is C20H20ClN3O. The minimum Gasteiger partial charge on any atom is -0.495 e. The van der Waals surface area contributed by atoms with Crippen LogP contribution in [0.25, 0.3) is 10.9 Å². The quantitative estimate of drug-likeness (QED) is 0.721. The molecule has 0 bridgehead atoms. The van der Waals surface area contributed by atoms with Crippen molar-refractivity contribution in [2.45, 2.75) is 32.6 Å². The minimum atomic E-state index is -0.0685. The fraction of sp³-hybridized carbons (Fsp3) is 0.300. The number of fused-ring (bicyclic) bond motifs is 1. The number of methoxy groups -OCH3 is 1. The van der Waals surface area contributed by atoms with Crippen molar-refractivity contribution in [2.75, 3.05) is 7.11 Å². The second-order valence-corrected chi connectivity index (χ2v) is 7.47. The maximum atomic E-state index is 9.09. The monoisotopic (exact) mass is 353 g/mol.